The van der Waals surface area contributed by atoms with Crippen LogP contribution in [0, 0.1) is 5.92 Å². The molecule has 0 aromatic heterocycles. The van der Waals surface area contributed by atoms with Crippen LogP contribution < -0.4 is 5.73 Å². The van der Waals surface area contributed by atoms with Gasteiger partial charge in [0.05, 0.1) is 19.1 Å². The van der Waals surface area contributed by atoms with E-state index >= 15 is 0 Å². The summed E-state index contributed by atoms with van der Waals surface area (Å²) in [5.41, 5.74) is 5.12. The molecule has 0 heterocycles. The highest BCUT2D eigenvalue weighted by atomic mass is 16.5. The number of carbonyl (C=O) groups excluding carboxylic acids is 2. The van der Waals surface area contributed by atoms with Gasteiger partial charge in [0.25, 0.3) is 0 Å². The molecule has 0 rings (SSSR count). The Balaban J connectivity index is 3.69. The molecule has 1 unspecified atom stereocenters. The van der Waals surface area contributed by atoms with E-state index in [2.05, 4.69) is 13.8 Å². The zero-order valence-corrected chi connectivity index (χ0v) is 9.79. The first-order valence-electron chi connectivity index (χ1n) is 5.37. The number of nitrogens with two attached hydrogens (primary N) is 1. The molecule has 0 saturated heterocycles. The molecule has 88 valence electrons. The van der Waals surface area contributed by atoms with Gasteiger partial charge in [-0.25, -0.2) is 0 Å². The Morgan fingerprint density at radius 3 is 2.27 bits per heavy atom. The highest BCUT2D eigenvalue weighted by Gasteiger charge is 2.12. The molecule has 0 radical (unpaired) electrons. The maximum absolute atomic E-state index is 11.2. The summed E-state index contributed by atoms with van der Waals surface area (Å²) in [4.78, 5) is 22.1. The molecular formula is C11H21NO3. The minimum atomic E-state index is -0.315. The van der Waals surface area contributed by atoms with E-state index in [9.17, 15) is 9.59 Å². The van der Waals surface area contributed by atoms with Gasteiger partial charge in [0, 0.05) is 6.42 Å². The lowest BCUT2D eigenvalue weighted by Crippen LogP contribution is -2.19. The lowest BCUT2D eigenvalue weighted by Gasteiger charge is -2.14. The Kier molecular flexibility index (Phi) is 6.96. The second kappa shape index (κ2) is 7.40. The average molecular weight is 215 g/mol. The van der Waals surface area contributed by atoms with Crippen LogP contribution in [0.25, 0.3) is 0 Å². The van der Waals surface area contributed by atoms with Crippen LogP contribution in [-0.4, -0.2) is 24.4 Å². The highest BCUT2D eigenvalue weighted by molar-refractivity contribution is 5.84. The van der Waals surface area contributed by atoms with Gasteiger partial charge in [-0.3, -0.25) is 9.59 Å². The Hall–Kier alpha value is -0.900. The second-order valence-corrected chi connectivity index (χ2v) is 4.17. The summed E-state index contributed by atoms with van der Waals surface area (Å²) in [6, 6.07) is 0. The van der Waals surface area contributed by atoms with E-state index in [-0.39, 0.29) is 37.2 Å². The molecule has 4 nitrogen and oxygen atoms in total. The van der Waals surface area contributed by atoms with Crippen LogP contribution in [-0.2, 0) is 14.3 Å². The van der Waals surface area contributed by atoms with Crippen molar-refractivity contribution in [1.82, 2.24) is 0 Å². The molecule has 0 fully saturated rings. The minimum Gasteiger partial charge on any atom is -0.463 e. The highest BCUT2D eigenvalue weighted by Crippen LogP contribution is 2.08. The summed E-state index contributed by atoms with van der Waals surface area (Å²) in [5, 5.41) is 0. The summed E-state index contributed by atoms with van der Waals surface area (Å²) in [6.07, 6.45) is 1.09. The number of ketones is 1. The number of hydrogen-bond acceptors (Lipinski definition) is 4. The molecule has 0 aliphatic rings. The Bertz CT molecular complexity index is 214. The van der Waals surface area contributed by atoms with E-state index in [0.717, 1.165) is 6.42 Å². The first-order chi connectivity index (χ1) is 6.95. The van der Waals surface area contributed by atoms with Crippen LogP contribution in [0.2, 0.25) is 0 Å². The molecule has 0 spiro atoms. The van der Waals surface area contributed by atoms with Gasteiger partial charge in [-0.1, -0.05) is 13.8 Å². The van der Waals surface area contributed by atoms with Crippen LogP contribution in [0.15, 0.2) is 0 Å². The maximum Gasteiger partial charge on any atom is 0.306 e. The first-order valence-corrected chi connectivity index (χ1v) is 5.37. The second-order valence-electron chi connectivity index (χ2n) is 4.17. The van der Waals surface area contributed by atoms with E-state index in [4.69, 9.17) is 10.5 Å². The van der Waals surface area contributed by atoms with Crippen LogP contribution in [0.1, 0.15) is 40.0 Å². The van der Waals surface area contributed by atoms with E-state index < -0.39 is 0 Å². The monoisotopic (exact) mass is 215 g/mol. The number of ether oxygens (including phenoxy) is 1. The summed E-state index contributed by atoms with van der Waals surface area (Å²) in [7, 11) is 0. The minimum absolute atomic E-state index is 0.00513. The average Bonchev–Trinajstić information content (AvgIpc) is 2.12. The Labute approximate surface area is 91.2 Å². The van der Waals surface area contributed by atoms with Gasteiger partial charge in [0.15, 0.2) is 0 Å². The summed E-state index contributed by atoms with van der Waals surface area (Å²) >= 11 is 0. The largest absolute Gasteiger partial charge is 0.463 e. The quantitative estimate of drug-likeness (QED) is 0.649. The number of esters is 1. The fraction of sp³-hybridized carbons (Fsp3) is 0.818. The fourth-order valence-corrected chi connectivity index (χ4v) is 1.34. The van der Waals surface area contributed by atoms with Crippen molar-refractivity contribution in [3.05, 3.63) is 0 Å². The van der Waals surface area contributed by atoms with Crippen molar-refractivity contribution in [2.75, 3.05) is 6.54 Å². The van der Waals surface area contributed by atoms with Crippen LogP contribution in [0.5, 0.6) is 0 Å². The molecule has 4 heteroatoms. The Morgan fingerprint density at radius 1 is 1.20 bits per heavy atom. The van der Waals surface area contributed by atoms with Gasteiger partial charge in [-0.05, 0) is 19.3 Å². The predicted molar refractivity (Wildman–Crippen MR) is 58.3 cm³/mol. The van der Waals surface area contributed by atoms with Crippen molar-refractivity contribution >= 4 is 11.8 Å². The third kappa shape index (κ3) is 8.12. The van der Waals surface area contributed by atoms with Crippen molar-refractivity contribution in [3.63, 3.8) is 0 Å². The molecule has 2 N–H and O–H groups in total. The third-order valence-corrected chi connectivity index (χ3v) is 1.97. The summed E-state index contributed by atoms with van der Waals surface area (Å²) < 4.78 is 5.12. The molecule has 0 aromatic rings. The first kappa shape index (κ1) is 14.1. The van der Waals surface area contributed by atoms with E-state index in [1.165, 1.54) is 0 Å². The van der Waals surface area contributed by atoms with Crippen LogP contribution in [0.3, 0.4) is 0 Å². The summed E-state index contributed by atoms with van der Waals surface area (Å²) in [6.45, 7) is 6.00. The van der Waals surface area contributed by atoms with Crippen molar-refractivity contribution in [3.8, 4) is 0 Å². The lowest BCUT2D eigenvalue weighted by molar-refractivity contribution is -0.149. The maximum atomic E-state index is 11.2. The Morgan fingerprint density at radius 2 is 1.80 bits per heavy atom. The third-order valence-electron chi connectivity index (χ3n) is 1.97. The number of rotatable bonds is 7. The lowest BCUT2D eigenvalue weighted by atomic mass is 10.1. The van der Waals surface area contributed by atoms with Gasteiger partial charge >= 0.3 is 5.97 Å². The molecule has 0 saturated carbocycles. The SMILES string of the molecule is CC(C)CC(C)OC(=O)CCC(=O)CN. The molecule has 0 aliphatic carbocycles. The standard InChI is InChI=1S/C11H21NO3/c1-8(2)6-9(3)15-11(14)5-4-10(13)7-12/h8-9H,4-7,12H2,1-3H3. The van der Waals surface area contributed by atoms with Crippen LogP contribution >= 0.6 is 0 Å². The van der Waals surface area contributed by atoms with E-state index in [0.29, 0.717) is 5.92 Å². The zero-order valence-electron chi connectivity index (χ0n) is 9.79. The molecule has 0 aromatic carbocycles. The van der Waals surface area contributed by atoms with Crippen LogP contribution in [0.4, 0.5) is 0 Å². The predicted octanol–water partition coefficient (Wildman–Crippen LogP) is 1.27. The normalized spacial score (nSPS) is 12.6. The fourth-order valence-electron chi connectivity index (χ4n) is 1.34. The smallest absolute Gasteiger partial charge is 0.306 e. The van der Waals surface area contributed by atoms with E-state index in [1.807, 2.05) is 6.92 Å². The van der Waals surface area contributed by atoms with Gasteiger partial charge in [-0.2, -0.15) is 0 Å². The van der Waals surface area contributed by atoms with E-state index in [1.54, 1.807) is 0 Å². The number of Topliss-reactive ketones (excluding diaryl/α,β-unsaturated/α-hetero) is 1. The van der Waals surface area contributed by atoms with Crippen molar-refractivity contribution < 1.29 is 14.3 Å². The topological polar surface area (TPSA) is 69.4 Å². The van der Waals surface area contributed by atoms with Crippen molar-refractivity contribution in [1.29, 1.82) is 0 Å². The van der Waals surface area contributed by atoms with Gasteiger partial charge in [0.1, 0.15) is 5.78 Å². The number of carbonyl (C=O) groups is 2. The van der Waals surface area contributed by atoms with Gasteiger partial charge < -0.3 is 10.5 Å². The van der Waals surface area contributed by atoms with Crippen molar-refractivity contribution in [2.45, 2.75) is 46.1 Å². The molecule has 0 bridgehead atoms. The molecule has 1 atom stereocenters. The molecular weight excluding hydrogens is 194 g/mol. The zero-order chi connectivity index (χ0) is 11.8. The van der Waals surface area contributed by atoms with Gasteiger partial charge in [0.2, 0.25) is 0 Å². The molecule has 0 amide bonds. The van der Waals surface area contributed by atoms with Crippen molar-refractivity contribution in [2.24, 2.45) is 11.7 Å². The summed E-state index contributed by atoms with van der Waals surface area (Å²) in [5.74, 6) is 0.0758. The molecule has 0 aliphatic heterocycles. The number of hydrogen-bond donors (Lipinski definition) is 1. The molecule has 15 heavy (non-hydrogen) atoms. The van der Waals surface area contributed by atoms with Gasteiger partial charge in [-0.15, -0.1) is 0 Å².